The molecule has 1 aromatic carbocycles. The van der Waals surface area contributed by atoms with Gasteiger partial charge in [0.2, 0.25) is 5.88 Å². The van der Waals surface area contributed by atoms with Crippen LogP contribution in [-0.4, -0.2) is 64.7 Å². The minimum absolute atomic E-state index is 0.126. The Hall–Kier alpha value is -4.02. The molecule has 0 spiro atoms. The van der Waals surface area contributed by atoms with E-state index in [0.717, 1.165) is 23.9 Å². The number of amides is 1. The van der Waals surface area contributed by atoms with Crippen LogP contribution in [0.15, 0.2) is 49.4 Å². The van der Waals surface area contributed by atoms with Crippen molar-refractivity contribution in [1.29, 1.82) is 0 Å². The monoisotopic (exact) mass is 448 g/mol. The first-order valence-corrected chi connectivity index (χ1v) is 10.8. The van der Waals surface area contributed by atoms with Gasteiger partial charge in [0, 0.05) is 13.1 Å². The molecule has 1 fully saturated rings. The molecule has 3 aromatic heterocycles. The van der Waals surface area contributed by atoms with E-state index >= 15 is 0 Å². The Labute approximate surface area is 190 Å². The van der Waals surface area contributed by atoms with Gasteiger partial charge in [-0.3, -0.25) is 0 Å². The molecule has 0 unspecified atom stereocenters. The normalized spacial score (nSPS) is 14.7. The Morgan fingerprint density at radius 2 is 1.85 bits per heavy atom. The molecule has 170 valence electrons. The molecular formula is C22H24N8O3. The number of ether oxygens (including phenoxy) is 2. The van der Waals surface area contributed by atoms with E-state index in [-0.39, 0.29) is 18.2 Å². The van der Waals surface area contributed by atoms with E-state index in [4.69, 9.17) is 9.47 Å². The molecule has 0 N–H and O–H groups in total. The second-order valence-electron chi connectivity index (χ2n) is 8.09. The number of carbonyl (C=O) groups excluding carboxylic acids is 1. The number of rotatable bonds is 5. The van der Waals surface area contributed by atoms with Crippen molar-refractivity contribution >= 4 is 17.1 Å². The average molecular weight is 448 g/mol. The molecule has 11 nitrogen and oxygen atoms in total. The summed E-state index contributed by atoms with van der Waals surface area (Å²) < 4.78 is 14.9. The standard InChI is InChI=1S/C22H24N8O3/c1-15(2)32-22(31)28-9-7-17(8-10-28)30-20-19(11-26-30)21(25-13-24-20)33-18-5-3-16(4-6-18)29-14-23-12-27-29/h3-6,11-15,17H,7-10H2,1-2H3. The summed E-state index contributed by atoms with van der Waals surface area (Å²) in [6.07, 6.45) is 7.49. The molecule has 1 amide bonds. The Morgan fingerprint density at radius 1 is 1.06 bits per heavy atom. The van der Waals surface area contributed by atoms with Crippen LogP contribution in [0.25, 0.3) is 16.7 Å². The second-order valence-corrected chi connectivity index (χ2v) is 8.09. The number of aromatic nitrogens is 7. The van der Waals surface area contributed by atoms with Gasteiger partial charge in [-0.2, -0.15) is 10.2 Å². The molecule has 0 saturated carbocycles. The van der Waals surface area contributed by atoms with Gasteiger partial charge in [-0.25, -0.2) is 29.1 Å². The highest BCUT2D eigenvalue weighted by Gasteiger charge is 2.27. The summed E-state index contributed by atoms with van der Waals surface area (Å²) in [5.41, 5.74) is 1.59. The highest BCUT2D eigenvalue weighted by Crippen LogP contribution is 2.31. The highest BCUT2D eigenvalue weighted by atomic mass is 16.6. The number of likely N-dealkylation sites (tertiary alicyclic amines) is 1. The summed E-state index contributed by atoms with van der Waals surface area (Å²) in [7, 11) is 0. The van der Waals surface area contributed by atoms with Gasteiger partial charge in [0.25, 0.3) is 0 Å². The second kappa shape index (κ2) is 8.85. The van der Waals surface area contributed by atoms with Crippen LogP contribution in [-0.2, 0) is 4.74 Å². The lowest BCUT2D eigenvalue weighted by Crippen LogP contribution is -2.40. The van der Waals surface area contributed by atoms with E-state index in [1.54, 1.807) is 22.1 Å². The molecular weight excluding hydrogens is 424 g/mol. The van der Waals surface area contributed by atoms with Gasteiger partial charge in [-0.1, -0.05) is 0 Å². The summed E-state index contributed by atoms with van der Waals surface area (Å²) >= 11 is 0. The molecule has 0 atom stereocenters. The van der Waals surface area contributed by atoms with Crippen LogP contribution in [0.5, 0.6) is 11.6 Å². The van der Waals surface area contributed by atoms with Crippen molar-refractivity contribution in [2.45, 2.75) is 38.8 Å². The molecule has 5 rings (SSSR count). The number of fused-ring (bicyclic) bond motifs is 1. The van der Waals surface area contributed by atoms with Gasteiger partial charge in [0.05, 0.1) is 24.0 Å². The first-order chi connectivity index (χ1) is 16.1. The summed E-state index contributed by atoms with van der Waals surface area (Å²) in [4.78, 5) is 26.6. The average Bonchev–Trinajstić information content (AvgIpc) is 3.50. The zero-order valence-electron chi connectivity index (χ0n) is 18.4. The molecule has 1 saturated heterocycles. The maximum absolute atomic E-state index is 12.2. The predicted octanol–water partition coefficient (Wildman–Crippen LogP) is 3.38. The Kier molecular flexibility index (Phi) is 5.59. The van der Waals surface area contributed by atoms with Gasteiger partial charge in [-0.05, 0) is 51.0 Å². The van der Waals surface area contributed by atoms with Gasteiger partial charge >= 0.3 is 6.09 Å². The van der Waals surface area contributed by atoms with Crippen molar-refractivity contribution in [1.82, 2.24) is 39.4 Å². The Balaban J connectivity index is 1.30. The van der Waals surface area contributed by atoms with E-state index in [9.17, 15) is 4.79 Å². The largest absolute Gasteiger partial charge is 0.447 e. The third kappa shape index (κ3) is 4.34. The fraction of sp³-hybridized carbons (Fsp3) is 0.364. The summed E-state index contributed by atoms with van der Waals surface area (Å²) in [6, 6.07) is 7.62. The molecule has 11 heteroatoms. The van der Waals surface area contributed by atoms with Crippen LogP contribution in [0.4, 0.5) is 4.79 Å². The predicted molar refractivity (Wildman–Crippen MR) is 118 cm³/mol. The smallest absolute Gasteiger partial charge is 0.410 e. The van der Waals surface area contributed by atoms with Crippen LogP contribution >= 0.6 is 0 Å². The summed E-state index contributed by atoms with van der Waals surface area (Å²) in [5, 5.41) is 9.42. The van der Waals surface area contributed by atoms with Crippen molar-refractivity contribution in [2.24, 2.45) is 0 Å². The fourth-order valence-electron chi connectivity index (χ4n) is 3.88. The van der Waals surface area contributed by atoms with Crippen molar-refractivity contribution in [3.63, 3.8) is 0 Å². The number of hydrogen-bond donors (Lipinski definition) is 0. The van der Waals surface area contributed by atoms with Crippen LogP contribution in [0.2, 0.25) is 0 Å². The third-order valence-corrected chi connectivity index (χ3v) is 5.49. The number of piperidine rings is 1. The number of nitrogens with zero attached hydrogens (tertiary/aromatic N) is 8. The molecule has 1 aliphatic heterocycles. The van der Waals surface area contributed by atoms with E-state index in [0.29, 0.717) is 30.4 Å². The maximum atomic E-state index is 12.2. The SMILES string of the molecule is CC(C)OC(=O)N1CCC(n2ncc3c(Oc4ccc(-n5cncn5)cc4)ncnc32)CC1. The number of carbonyl (C=O) groups is 1. The van der Waals surface area contributed by atoms with Gasteiger partial charge in [0.15, 0.2) is 5.65 Å². The minimum Gasteiger partial charge on any atom is -0.447 e. The van der Waals surface area contributed by atoms with Crippen molar-refractivity contribution in [3.05, 3.63) is 49.4 Å². The lowest BCUT2D eigenvalue weighted by Gasteiger charge is -2.31. The molecule has 0 bridgehead atoms. The van der Waals surface area contributed by atoms with Crippen molar-refractivity contribution in [2.75, 3.05) is 13.1 Å². The molecule has 4 heterocycles. The Bertz CT molecular complexity index is 1230. The van der Waals surface area contributed by atoms with Gasteiger partial charge in [-0.15, -0.1) is 0 Å². The fourth-order valence-corrected chi connectivity index (χ4v) is 3.88. The highest BCUT2D eigenvalue weighted by molar-refractivity contribution is 5.80. The van der Waals surface area contributed by atoms with Crippen LogP contribution < -0.4 is 4.74 Å². The van der Waals surface area contributed by atoms with E-state index in [2.05, 4.69) is 25.1 Å². The summed E-state index contributed by atoms with van der Waals surface area (Å²) in [5.74, 6) is 1.08. The lowest BCUT2D eigenvalue weighted by molar-refractivity contribution is 0.0656. The zero-order chi connectivity index (χ0) is 22.8. The zero-order valence-corrected chi connectivity index (χ0v) is 18.4. The van der Waals surface area contributed by atoms with Crippen LogP contribution in [0, 0.1) is 0 Å². The maximum Gasteiger partial charge on any atom is 0.410 e. The van der Waals surface area contributed by atoms with Gasteiger partial charge < -0.3 is 14.4 Å². The van der Waals surface area contributed by atoms with Crippen LogP contribution in [0.3, 0.4) is 0 Å². The Morgan fingerprint density at radius 3 is 2.55 bits per heavy atom. The number of benzene rings is 1. The minimum atomic E-state index is -0.262. The third-order valence-electron chi connectivity index (χ3n) is 5.49. The lowest BCUT2D eigenvalue weighted by atomic mass is 10.1. The topological polar surface area (TPSA) is 113 Å². The molecule has 0 aliphatic carbocycles. The summed E-state index contributed by atoms with van der Waals surface area (Å²) in [6.45, 7) is 4.94. The van der Waals surface area contributed by atoms with Crippen LogP contribution in [0.1, 0.15) is 32.7 Å². The molecule has 1 aliphatic rings. The van der Waals surface area contributed by atoms with Gasteiger partial charge in [0.1, 0.15) is 30.1 Å². The molecule has 0 radical (unpaired) electrons. The number of hydrogen-bond acceptors (Lipinski definition) is 8. The van der Waals surface area contributed by atoms with Crippen molar-refractivity contribution in [3.8, 4) is 17.3 Å². The molecule has 4 aromatic rings. The quantitative estimate of drug-likeness (QED) is 0.457. The van der Waals surface area contributed by atoms with E-state index < -0.39 is 0 Å². The van der Waals surface area contributed by atoms with Crippen molar-refractivity contribution < 1.29 is 14.3 Å². The first-order valence-electron chi connectivity index (χ1n) is 10.8. The van der Waals surface area contributed by atoms with E-state index in [1.165, 1.54) is 12.7 Å². The molecule has 33 heavy (non-hydrogen) atoms. The van der Waals surface area contributed by atoms with E-state index in [1.807, 2.05) is 42.8 Å². The first kappa shape index (κ1) is 20.9.